The first-order chi connectivity index (χ1) is 31.3. The topological polar surface area (TPSA) is 9.86 Å². The van der Waals surface area contributed by atoms with E-state index < -0.39 is 8.07 Å². The minimum atomic E-state index is -3.01. The van der Waals surface area contributed by atoms with Crippen molar-refractivity contribution in [3.63, 3.8) is 0 Å². The van der Waals surface area contributed by atoms with Gasteiger partial charge in [0.25, 0.3) is 0 Å². The van der Waals surface area contributed by atoms with Gasteiger partial charge in [0.1, 0.15) is 0 Å². The molecule has 0 saturated heterocycles. The predicted octanol–water partition coefficient (Wildman–Crippen LogP) is 12.6. The van der Waals surface area contributed by atoms with Crippen molar-refractivity contribution in [3.05, 3.63) is 255 Å². The number of aromatic nitrogens is 2. The summed E-state index contributed by atoms with van der Waals surface area (Å²) in [4.78, 5) is 0. The quantitative estimate of drug-likeness (QED) is 0.107. The molecule has 0 unspecified atom stereocenters. The summed E-state index contributed by atoms with van der Waals surface area (Å²) in [7, 11) is -3.01. The Bertz CT molecular complexity index is 3480. The highest BCUT2D eigenvalue weighted by molar-refractivity contribution is 7.20. The fourth-order valence-electron chi connectivity index (χ4n) is 10.3. The largest absolute Gasteiger partial charge is 0.307 e. The van der Waals surface area contributed by atoms with E-state index in [9.17, 15) is 0 Å². The molecule has 63 heavy (non-hydrogen) atoms. The zero-order chi connectivity index (χ0) is 41.7. The first kappa shape index (κ1) is 36.8. The first-order valence-electron chi connectivity index (χ1n) is 21.8. The van der Waals surface area contributed by atoms with Crippen molar-refractivity contribution in [1.29, 1.82) is 0 Å². The third-order valence-electron chi connectivity index (χ3n) is 13.1. The molecule has 0 N–H and O–H groups in total. The number of hydrogen-bond donors (Lipinski definition) is 0. The minimum absolute atomic E-state index is 1.13. The molecule has 0 aliphatic carbocycles. The Morgan fingerprint density at radius 3 is 1.32 bits per heavy atom. The fourth-order valence-corrected chi connectivity index (χ4v) is 15.3. The molecule has 0 aliphatic rings. The average Bonchev–Trinajstić information content (AvgIpc) is 3.89. The molecule has 296 valence electrons. The summed E-state index contributed by atoms with van der Waals surface area (Å²) < 4.78 is 5.12. The molecule has 0 spiro atoms. The number of nitrogens with zero attached hydrogens (tertiary/aromatic N) is 2. The summed E-state index contributed by atoms with van der Waals surface area (Å²) in [6.45, 7) is 0. The summed E-state index contributed by atoms with van der Waals surface area (Å²) in [6.07, 6.45) is 0. The van der Waals surface area contributed by atoms with Crippen LogP contribution in [0.1, 0.15) is 0 Å². The fraction of sp³-hybridized carbons (Fsp3) is 0. The van der Waals surface area contributed by atoms with Crippen LogP contribution in [0.2, 0.25) is 0 Å². The third kappa shape index (κ3) is 5.85. The molecule has 0 fully saturated rings. The van der Waals surface area contributed by atoms with Crippen LogP contribution in [0.15, 0.2) is 255 Å². The molecule has 0 amide bonds. The number of fused-ring (bicyclic) bond motifs is 6. The molecule has 0 bridgehead atoms. The van der Waals surface area contributed by atoms with Crippen LogP contribution < -0.4 is 20.7 Å². The van der Waals surface area contributed by atoms with E-state index in [-0.39, 0.29) is 0 Å². The SMILES string of the molecule is c1ccc(-c2ccc(-n3c4ccccc4c4cccc(-n5c6cc(-c7ccccc7)ccc6c6cccc([Si](c7ccccc7)(c7ccccc7)c7ccccc7)c65)c43)cc2)cc1. The minimum Gasteiger partial charge on any atom is -0.307 e. The molecule has 12 rings (SSSR count). The van der Waals surface area contributed by atoms with E-state index in [0.29, 0.717) is 0 Å². The lowest BCUT2D eigenvalue weighted by molar-refractivity contribution is 1.13. The maximum atomic E-state index is 2.62. The van der Waals surface area contributed by atoms with Gasteiger partial charge in [0.05, 0.1) is 27.8 Å². The Balaban J connectivity index is 1.26. The molecule has 2 heterocycles. The lowest BCUT2D eigenvalue weighted by atomic mass is 10.0. The van der Waals surface area contributed by atoms with Crippen LogP contribution in [0.4, 0.5) is 0 Å². The van der Waals surface area contributed by atoms with Crippen molar-refractivity contribution in [2.24, 2.45) is 0 Å². The highest BCUT2D eigenvalue weighted by atomic mass is 28.3. The molecule has 0 atom stereocenters. The number of hydrogen-bond acceptors (Lipinski definition) is 0. The van der Waals surface area contributed by atoms with Crippen molar-refractivity contribution in [1.82, 2.24) is 9.13 Å². The molecular weight excluding hydrogens is 777 g/mol. The number of rotatable bonds is 8. The highest BCUT2D eigenvalue weighted by Crippen LogP contribution is 2.41. The van der Waals surface area contributed by atoms with Crippen LogP contribution in [0.5, 0.6) is 0 Å². The Hall–Kier alpha value is -7.98. The van der Waals surface area contributed by atoms with Gasteiger partial charge in [-0.05, 0) is 73.3 Å². The molecule has 0 aliphatic heterocycles. The smallest absolute Gasteiger partial charge is 0.181 e. The second kappa shape index (κ2) is 15.2. The normalized spacial score (nSPS) is 11.8. The van der Waals surface area contributed by atoms with Gasteiger partial charge in [0.15, 0.2) is 8.07 Å². The Morgan fingerprint density at radius 1 is 0.270 bits per heavy atom. The van der Waals surface area contributed by atoms with Gasteiger partial charge in [-0.2, -0.15) is 0 Å². The van der Waals surface area contributed by atoms with Crippen LogP contribution >= 0.6 is 0 Å². The molecule has 2 nitrogen and oxygen atoms in total. The summed E-state index contributed by atoms with van der Waals surface area (Å²) in [5.41, 5.74) is 11.8. The van der Waals surface area contributed by atoms with E-state index in [1.807, 2.05) is 0 Å². The molecule has 0 saturated carbocycles. The van der Waals surface area contributed by atoms with Crippen LogP contribution in [0.3, 0.4) is 0 Å². The maximum Gasteiger partial charge on any atom is 0.181 e. The second-order valence-corrected chi connectivity index (χ2v) is 20.2. The molecule has 12 aromatic rings. The van der Waals surface area contributed by atoms with Crippen molar-refractivity contribution in [3.8, 4) is 33.6 Å². The van der Waals surface area contributed by atoms with Gasteiger partial charge in [0, 0.05) is 27.2 Å². The lowest BCUT2D eigenvalue weighted by Crippen LogP contribution is -2.75. The Kier molecular flexibility index (Phi) is 8.87. The van der Waals surface area contributed by atoms with E-state index in [4.69, 9.17) is 0 Å². The van der Waals surface area contributed by atoms with Crippen molar-refractivity contribution in [2.45, 2.75) is 0 Å². The maximum absolute atomic E-state index is 3.01. The average molecular weight is 819 g/mol. The van der Waals surface area contributed by atoms with Crippen molar-refractivity contribution < 1.29 is 0 Å². The highest BCUT2D eigenvalue weighted by Gasteiger charge is 2.43. The Labute approximate surface area is 368 Å². The Morgan fingerprint density at radius 2 is 0.714 bits per heavy atom. The summed E-state index contributed by atoms with van der Waals surface area (Å²) in [5, 5.41) is 10.3. The summed E-state index contributed by atoms with van der Waals surface area (Å²) in [5.74, 6) is 0. The lowest BCUT2D eigenvalue weighted by Gasteiger charge is -2.35. The van der Waals surface area contributed by atoms with E-state index in [0.717, 1.165) is 11.4 Å². The van der Waals surface area contributed by atoms with E-state index in [1.165, 1.54) is 86.6 Å². The van der Waals surface area contributed by atoms with E-state index in [2.05, 4.69) is 264 Å². The van der Waals surface area contributed by atoms with Gasteiger partial charge in [0.2, 0.25) is 0 Å². The van der Waals surface area contributed by atoms with Gasteiger partial charge in [-0.25, -0.2) is 0 Å². The van der Waals surface area contributed by atoms with Crippen LogP contribution in [0.25, 0.3) is 77.2 Å². The third-order valence-corrected chi connectivity index (χ3v) is 17.9. The number of para-hydroxylation sites is 3. The van der Waals surface area contributed by atoms with Crippen molar-refractivity contribution >= 4 is 72.4 Å². The van der Waals surface area contributed by atoms with E-state index >= 15 is 0 Å². The monoisotopic (exact) mass is 818 g/mol. The zero-order valence-electron chi connectivity index (χ0n) is 34.6. The predicted molar refractivity (Wildman–Crippen MR) is 270 cm³/mol. The summed E-state index contributed by atoms with van der Waals surface area (Å²) >= 11 is 0. The zero-order valence-corrected chi connectivity index (χ0v) is 35.6. The molecule has 3 heteroatoms. The van der Waals surface area contributed by atoms with Crippen LogP contribution in [-0.2, 0) is 0 Å². The van der Waals surface area contributed by atoms with Gasteiger partial charge in [-0.15, -0.1) is 0 Å². The van der Waals surface area contributed by atoms with Crippen LogP contribution in [-0.4, -0.2) is 17.2 Å². The molecule has 2 aromatic heterocycles. The van der Waals surface area contributed by atoms with Crippen molar-refractivity contribution in [2.75, 3.05) is 0 Å². The first-order valence-corrected chi connectivity index (χ1v) is 23.8. The van der Waals surface area contributed by atoms with Gasteiger partial charge in [-0.3, -0.25) is 0 Å². The van der Waals surface area contributed by atoms with Crippen LogP contribution in [0, 0.1) is 0 Å². The summed E-state index contributed by atoms with van der Waals surface area (Å²) in [6, 6.07) is 94.4. The van der Waals surface area contributed by atoms with Gasteiger partial charge in [-0.1, -0.05) is 224 Å². The van der Waals surface area contributed by atoms with Gasteiger partial charge >= 0.3 is 0 Å². The standard InChI is InChI=1S/C60H42N2Si/c1-6-20-43(21-7-1)45-36-39-47(40-37-45)61-55-33-17-16-30-51(55)53-31-18-34-56(59(53)61)62-57-42-46(44-22-8-2-9-23-44)38-41-52(57)54-32-19-35-58(60(54)62)63(48-24-10-3-11-25-48,49-26-12-4-13-27-49)50-28-14-5-15-29-50/h1-42H. The second-order valence-electron chi connectivity index (χ2n) is 16.4. The van der Waals surface area contributed by atoms with E-state index in [1.54, 1.807) is 0 Å². The molecule has 10 aromatic carbocycles. The molecular formula is C60H42N2Si. The number of benzene rings is 10. The van der Waals surface area contributed by atoms with Gasteiger partial charge < -0.3 is 9.13 Å². The molecule has 0 radical (unpaired) electrons.